The number of carbonyl (C=O) groups is 2. The lowest BCUT2D eigenvalue weighted by atomic mass is 9.86. The van der Waals surface area contributed by atoms with Crippen molar-refractivity contribution in [2.75, 3.05) is 6.54 Å². The number of carboxylic acid groups (broad SMARTS) is 1. The molecule has 6 heteroatoms. The average molecular weight is 289 g/mol. The fourth-order valence-corrected chi connectivity index (χ4v) is 3.75. The summed E-state index contributed by atoms with van der Waals surface area (Å²) in [6.45, 7) is 0.648. The van der Waals surface area contributed by atoms with Gasteiger partial charge in [-0.15, -0.1) is 0 Å². The molecule has 1 amide bonds. The fourth-order valence-electron chi connectivity index (χ4n) is 3.75. The van der Waals surface area contributed by atoms with Gasteiger partial charge in [0.05, 0.1) is 12.4 Å². The Kier molecular flexibility index (Phi) is 3.86. The standard InChI is InChI=1S/C15H19N3O3/c19-14(12-7-18-13(8-17-12)15(20)21)16-4-3-11-6-9-1-2-10(11)5-9/h7-11H,1-6H2,(H,16,19)(H,20,21). The quantitative estimate of drug-likeness (QED) is 0.861. The van der Waals surface area contributed by atoms with E-state index in [-0.39, 0.29) is 17.3 Å². The van der Waals surface area contributed by atoms with Crippen LogP contribution in [0.4, 0.5) is 0 Å². The Morgan fingerprint density at radius 3 is 2.52 bits per heavy atom. The molecule has 2 aliphatic rings. The van der Waals surface area contributed by atoms with Gasteiger partial charge in [0.1, 0.15) is 5.69 Å². The van der Waals surface area contributed by atoms with Crippen LogP contribution in [0.2, 0.25) is 0 Å². The molecule has 112 valence electrons. The van der Waals surface area contributed by atoms with Crippen molar-refractivity contribution < 1.29 is 14.7 Å². The van der Waals surface area contributed by atoms with Crippen LogP contribution < -0.4 is 5.32 Å². The molecule has 1 aromatic heterocycles. The van der Waals surface area contributed by atoms with Crippen molar-refractivity contribution in [3.05, 3.63) is 23.8 Å². The predicted octanol–water partition coefficient (Wildman–Crippen LogP) is 1.73. The zero-order valence-corrected chi connectivity index (χ0v) is 11.8. The third-order valence-electron chi connectivity index (χ3n) is 4.79. The van der Waals surface area contributed by atoms with Crippen LogP contribution >= 0.6 is 0 Å². The van der Waals surface area contributed by atoms with Crippen molar-refractivity contribution in [1.82, 2.24) is 15.3 Å². The smallest absolute Gasteiger partial charge is 0.356 e. The first-order valence-electron chi connectivity index (χ1n) is 7.47. The molecule has 0 radical (unpaired) electrons. The molecule has 1 aromatic rings. The predicted molar refractivity (Wildman–Crippen MR) is 74.9 cm³/mol. The Balaban J connectivity index is 1.46. The Morgan fingerprint density at radius 2 is 1.95 bits per heavy atom. The number of fused-ring (bicyclic) bond motifs is 2. The van der Waals surface area contributed by atoms with Crippen molar-refractivity contribution in [1.29, 1.82) is 0 Å². The van der Waals surface area contributed by atoms with Gasteiger partial charge in [0, 0.05) is 6.54 Å². The minimum absolute atomic E-state index is 0.159. The summed E-state index contributed by atoms with van der Waals surface area (Å²) in [5.74, 6) is 1.10. The number of carboxylic acids is 1. The molecule has 2 aliphatic carbocycles. The van der Waals surface area contributed by atoms with Gasteiger partial charge < -0.3 is 10.4 Å². The molecule has 2 saturated carbocycles. The summed E-state index contributed by atoms with van der Waals surface area (Å²) >= 11 is 0. The SMILES string of the molecule is O=C(O)c1cnc(C(=O)NCCC2CC3CCC2C3)cn1. The molecule has 2 bridgehead atoms. The van der Waals surface area contributed by atoms with Crippen LogP contribution in [0.15, 0.2) is 12.4 Å². The van der Waals surface area contributed by atoms with E-state index >= 15 is 0 Å². The summed E-state index contributed by atoms with van der Waals surface area (Å²) in [5.41, 5.74) is 0.00136. The molecule has 3 atom stereocenters. The maximum absolute atomic E-state index is 11.9. The molecule has 21 heavy (non-hydrogen) atoms. The third kappa shape index (κ3) is 3.04. The minimum Gasteiger partial charge on any atom is -0.476 e. The van der Waals surface area contributed by atoms with E-state index in [1.165, 1.54) is 31.9 Å². The van der Waals surface area contributed by atoms with Gasteiger partial charge in [-0.1, -0.05) is 6.42 Å². The highest BCUT2D eigenvalue weighted by atomic mass is 16.4. The molecule has 0 aliphatic heterocycles. The van der Waals surface area contributed by atoms with Gasteiger partial charge in [0.15, 0.2) is 5.69 Å². The summed E-state index contributed by atoms with van der Waals surface area (Å²) in [6, 6.07) is 0. The van der Waals surface area contributed by atoms with E-state index in [1.54, 1.807) is 0 Å². The monoisotopic (exact) mass is 289 g/mol. The molecule has 2 N–H and O–H groups in total. The lowest BCUT2D eigenvalue weighted by Gasteiger charge is -2.21. The zero-order chi connectivity index (χ0) is 14.8. The number of carbonyl (C=O) groups excluding carboxylic acids is 1. The van der Waals surface area contributed by atoms with E-state index in [1.807, 2.05) is 0 Å². The maximum atomic E-state index is 11.9. The normalized spacial score (nSPS) is 26.8. The van der Waals surface area contributed by atoms with Gasteiger partial charge in [-0.2, -0.15) is 0 Å². The molecule has 2 fully saturated rings. The largest absolute Gasteiger partial charge is 0.476 e. The highest BCUT2D eigenvalue weighted by Gasteiger charge is 2.38. The van der Waals surface area contributed by atoms with Crippen LogP contribution in [0.3, 0.4) is 0 Å². The lowest BCUT2D eigenvalue weighted by molar-refractivity contribution is 0.0689. The molecule has 3 unspecified atom stereocenters. The number of amides is 1. The third-order valence-corrected chi connectivity index (χ3v) is 4.79. The number of nitrogens with one attached hydrogen (secondary N) is 1. The molecular formula is C15H19N3O3. The van der Waals surface area contributed by atoms with Crippen molar-refractivity contribution in [2.45, 2.75) is 32.1 Å². The molecule has 6 nitrogen and oxygen atoms in total. The number of aromatic nitrogens is 2. The highest BCUT2D eigenvalue weighted by Crippen LogP contribution is 2.49. The maximum Gasteiger partial charge on any atom is 0.356 e. The fraction of sp³-hybridized carbons (Fsp3) is 0.600. The van der Waals surface area contributed by atoms with Crippen LogP contribution in [-0.2, 0) is 0 Å². The Hall–Kier alpha value is -1.98. The van der Waals surface area contributed by atoms with Crippen molar-refractivity contribution >= 4 is 11.9 Å². The van der Waals surface area contributed by atoms with E-state index in [4.69, 9.17) is 5.11 Å². The lowest BCUT2D eigenvalue weighted by Crippen LogP contribution is -2.28. The summed E-state index contributed by atoms with van der Waals surface area (Å²) in [5, 5.41) is 11.6. The minimum atomic E-state index is -1.15. The molecule has 0 spiro atoms. The van der Waals surface area contributed by atoms with Gasteiger partial charge >= 0.3 is 5.97 Å². The number of rotatable bonds is 5. The van der Waals surface area contributed by atoms with E-state index in [9.17, 15) is 9.59 Å². The van der Waals surface area contributed by atoms with Gasteiger partial charge in [-0.05, 0) is 43.4 Å². The van der Waals surface area contributed by atoms with Gasteiger partial charge in [-0.3, -0.25) is 4.79 Å². The van der Waals surface area contributed by atoms with Crippen molar-refractivity contribution in [3.63, 3.8) is 0 Å². The van der Waals surface area contributed by atoms with Crippen LogP contribution in [0, 0.1) is 17.8 Å². The Labute approximate surface area is 123 Å². The zero-order valence-electron chi connectivity index (χ0n) is 11.8. The number of hydrogen-bond donors (Lipinski definition) is 2. The molecular weight excluding hydrogens is 270 g/mol. The molecule has 0 aromatic carbocycles. The second-order valence-electron chi connectivity index (χ2n) is 6.07. The Morgan fingerprint density at radius 1 is 1.19 bits per heavy atom. The van der Waals surface area contributed by atoms with Crippen molar-refractivity contribution in [3.8, 4) is 0 Å². The van der Waals surface area contributed by atoms with Crippen LogP contribution in [0.25, 0.3) is 0 Å². The molecule has 3 rings (SSSR count). The van der Waals surface area contributed by atoms with E-state index < -0.39 is 5.97 Å². The first-order chi connectivity index (χ1) is 10.1. The summed E-state index contributed by atoms with van der Waals surface area (Å²) in [7, 11) is 0. The average Bonchev–Trinajstić information content (AvgIpc) is 3.10. The van der Waals surface area contributed by atoms with Gasteiger partial charge in [0.2, 0.25) is 0 Å². The van der Waals surface area contributed by atoms with E-state index in [2.05, 4.69) is 15.3 Å². The second kappa shape index (κ2) is 5.79. The van der Waals surface area contributed by atoms with E-state index in [0.717, 1.165) is 30.4 Å². The summed E-state index contributed by atoms with van der Waals surface area (Å²) in [6.07, 6.45) is 8.76. The van der Waals surface area contributed by atoms with Gasteiger partial charge in [0.25, 0.3) is 5.91 Å². The van der Waals surface area contributed by atoms with Gasteiger partial charge in [-0.25, -0.2) is 14.8 Å². The first-order valence-corrected chi connectivity index (χ1v) is 7.47. The highest BCUT2D eigenvalue weighted by molar-refractivity contribution is 5.92. The van der Waals surface area contributed by atoms with Crippen LogP contribution in [-0.4, -0.2) is 33.5 Å². The first kappa shape index (κ1) is 14.0. The number of hydrogen-bond acceptors (Lipinski definition) is 4. The van der Waals surface area contributed by atoms with E-state index in [0.29, 0.717) is 6.54 Å². The summed E-state index contributed by atoms with van der Waals surface area (Å²) < 4.78 is 0. The van der Waals surface area contributed by atoms with Crippen LogP contribution in [0.1, 0.15) is 53.1 Å². The second-order valence-corrected chi connectivity index (χ2v) is 6.07. The van der Waals surface area contributed by atoms with Crippen molar-refractivity contribution in [2.24, 2.45) is 17.8 Å². The van der Waals surface area contributed by atoms with Crippen LogP contribution in [0.5, 0.6) is 0 Å². The number of nitrogens with zero attached hydrogens (tertiary/aromatic N) is 2. The Bertz CT molecular complexity index is 544. The molecule has 1 heterocycles. The molecule has 0 saturated heterocycles. The summed E-state index contributed by atoms with van der Waals surface area (Å²) in [4.78, 5) is 30.1. The topological polar surface area (TPSA) is 92.2 Å². The number of aromatic carboxylic acids is 1.